The Labute approximate surface area is 179 Å². The highest BCUT2D eigenvalue weighted by Gasteiger charge is 2.46. The number of ketones is 1. The second-order valence-corrected chi connectivity index (χ2v) is 7.37. The lowest BCUT2D eigenvalue weighted by molar-refractivity contribution is -0.127. The van der Waals surface area contributed by atoms with E-state index in [9.17, 15) is 14.4 Å². The number of para-hydroxylation sites is 2. The van der Waals surface area contributed by atoms with E-state index in [1.54, 1.807) is 48.5 Å². The lowest BCUT2D eigenvalue weighted by Crippen LogP contribution is -2.41. The number of carbonyl (C=O) groups excluding carboxylic acids is 3. The summed E-state index contributed by atoms with van der Waals surface area (Å²) in [6.07, 6.45) is 0.172. The summed E-state index contributed by atoms with van der Waals surface area (Å²) in [5.74, 6) is -1.81. The third kappa shape index (κ3) is 3.72. The topological polar surface area (TPSA) is 57.7 Å². The number of hydrazine groups is 1. The molecule has 1 aliphatic heterocycles. The standard InChI is InChI=1S/C24H19ClN2O3/c25-21-14-8-7-13-19(21)22(28)16-15-20-23(29)26(17-9-3-1-4-10-17)27(24(20)30)18-11-5-2-6-12-18/h1-14,20H,15-16H2. The molecule has 30 heavy (non-hydrogen) atoms. The van der Waals surface area contributed by atoms with E-state index in [4.69, 9.17) is 11.6 Å². The highest BCUT2D eigenvalue weighted by Crippen LogP contribution is 2.33. The molecule has 5 nitrogen and oxygen atoms in total. The molecule has 1 saturated heterocycles. The van der Waals surface area contributed by atoms with Crippen LogP contribution in [-0.4, -0.2) is 17.6 Å². The van der Waals surface area contributed by atoms with Crippen molar-refractivity contribution in [3.05, 3.63) is 95.5 Å². The molecule has 0 aromatic heterocycles. The summed E-state index contributed by atoms with van der Waals surface area (Å²) in [5, 5.41) is 3.15. The number of amides is 2. The first-order valence-corrected chi connectivity index (χ1v) is 10.0. The van der Waals surface area contributed by atoms with Crippen LogP contribution < -0.4 is 10.0 Å². The molecule has 0 N–H and O–H groups in total. The Hall–Kier alpha value is -3.44. The Morgan fingerprint density at radius 2 is 1.20 bits per heavy atom. The fourth-order valence-corrected chi connectivity index (χ4v) is 3.81. The van der Waals surface area contributed by atoms with Crippen LogP contribution in [0.25, 0.3) is 0 Å². The van der Waals surface area contributed by atoms with Gasteiger partial charge < -0.3 is 0 Å². The summed E-state index contributed by atoms with van der Waals surface area (Å²) in [6.45, 7) is 0. The van der Waals surface area contributed by atoms with Crippen LogP contribution in [0.15, 0.2) is 84.9 Å². The van der Waals surface area contributed by atoms with Crippen LogP contribution in [0.4, 0.5) is 11.4 Å². The second-order valence-electron chi connectivity index (χ2n) is 6.97. The van der Waals surface area contributed by atoms with E-state index in [1.807, 2.05) is 36.4 Å². The van der Waals surface area contributed by atoms with Crippen molar-refractivity contribution in [2.24, 2.45) is 5.92 Å². The van der Waals surface area contributed by atoms with Crippen molar-refractivity contribution in [2.45, 2.75) is 12.8 Å². The molecule has 150 valence electrons. The van der Waals surface area contributed by atoms with E-state index in [0.29, 0.717) is 22.0 Å². The Morgan fingerprint density at radius 1 is 0.733 bits per heavy atom. The fourth-order valence-electron chi connectivity index (χ4n) is 3.57. The third-order valence-electron chi connectivity index (χ3n) is 5.05. The van der Waals surface area contributed by atoms with Gasteiger partial charge in [-0.3, -0.25) is 14.4 Å². The predicted molar refractivity (Wildman–Crippen MR) is 116 cm³/mol. The minimum atomic E-state index is -0.933. The van der Waals surface area contributed by atoms with E-state index in [1.165, 1.54) is 10.0 Å². The average molecular weight is 419 g/mol. The maximum atomic E-state index is 13.2. The van der Waals surface area contributed by atoms with Gasteiger partial charge in [0.1, 0.15) is 5.92 Å². The molecule has 0 aliphatic carbocycles. The van der Waals surface area contributed by atoms with Gasteiger partial charge >= 0.3 is 0 Å². The van der Waals surface area contributed by atoms with Crippen LogP contribution in [-0.2, 0) is 9.59 Å². The first-order chi connectivity index (χ1) is 14.6. The molecular weight excluding hydrogens is 400 g/mol. The molecule has 4 rings (SSSR count). The van der Waals surface area contributed by atoms with Gasteiger partial charge in [0.2, 0.25) is 0 Å². The lowest BCUT2D eigenvalue weighted by atomic mass is 9.98. The zero-order valence-corrected chi connectivity index (χ0v) is 16.8. The monoisotopic (exact) mass is 418 g/mol. The summed E-state index contributed by atoms with van der Waals surface area (Å²) < 4.78 is 0. The third-order valence-corrected chi connectivity index (χ3v) is 5.38. The molecule has 1 heterocycles. The average Bonchev–Trinajstić information content (AvgIpc) is 3.03. The van der Waals surface area contributed by atoms with Gasteiger partial charge in [-0.15, -0.1) is 0 Å². The van der Waals surface area contributed by atoms with Crippen molar-refractivity contribution < 1.29 is 14.4 Å². The van der Waals surface area contributed by atoms with Gasteiger partial charge in [0.05, 0.1) is 16.4 Å². The minimum Gasteiger partial charge on any atom is -0.294 e. The van der Waals surface area contributed by atoms with Gasteiger partial charge in [-0.25, -0.2) is 10.0 Å². The van der Waals surface area contributed by atoms with Crippen LogP contribution in [0.5, 0.6) is 0 Å². The van der Waals surface area contributed by atoms with E-state index >= 15 is 0 Å². The van der Waals surface area contributed by atoms with Gasteiger partial charge in [0.15, 0.2) is 5.78 Å². The van der Waals surface area contributed by atoms with Gasteiger partial charge in [-0.05, 0) is 42.8 Å². The zero-order chi connectivity index (χ0) is 21.1. The summed E-state index contributed by atoms with van der Waals surface area (Å²) in [6, 6.07) is 24.8. The van der Waals surface area contributed by atoms with Crippen LogP contribution in [0.2, 0.25) is 5.02 Å². The van der Waals surface area contributed by atoms with Crippen molar-refractivity contribution in [3.63, 3.8) is 0 Å². The van der Waals surface area contributed by atoms with Crippen LogP contribution in [0.3, 0.4) is 0 Å². The smallest absolute Gasteiger partial charge is 0.258 e. The number of hydrogen-bond acceptors (Lipinski definition) is 3. The molecule has 3 aromatic carbocycles. The lowest BCUT2D eigenvalue weighted by Gasteiger charge is -2.27. The number of halogens is 1. The van der Waals surface area contributed by atoms with Crippen LogP contribution in [0.1, 0.15) is 23.2 Å². The van der Waals surface area contributed by atoms with Crippen molar-refractivity contribution in [1.82, 2.24) is 0 Å². The van der Waals surface area contributed by atoms with Crippen molar-refractivity contribution in [2.75, 3.05) is 10.0 Å². The molecule has 1 aliphatic rings. The molecule has 1 fully saturated rings. The number of Topliss-reactive ketones (excluding diaryl/α,β-unsaturated/α-hetero) is 1. The molecule has 6 heteroatoms. The largest absolute Gasteiger partial charge is 0.294 e. The van der Waals surface area contributed by atoms with Gasteiger partial charge in [-0.1, -0.05) is 60.1 Å². The fraction of sp³-hybridized carbons (Fsp3) is 0.125. The maximum absolute atomic E-state index is 13.2. The zero-order valence-electron chi connectivity index (χ0n) is 16.1. The van der Waals surface area contributed by atoms with Gasteiger partial charge in [-0.2, -0.15) is 0 Å². The number of hydrogen-bond donors (Lipinski definition) is 0. The van der Waals surface area contributed by atoms with Crippen molar-refractivity contribution in [1.29, 1.82) is 0 Å². The van der Waals surface area contributed by atoms with Crippen molar-refractivity contribution >= 4 is 40.6 Å². The first kappa shape index (κ1) is 19.9. The summed E-state index contributed by atoms with van der Waals surface area (Å²) in [5.41, 5.74) is 1.59. The number of benzene rings is 3. The SMILES string of the molecule is O=C(CCC1C(=O)N(c2ccccc2)N(c2ccccc2)C1=O)c1ccccc1Cl. The molecule has 0 spiro atoms. The number of carbonyl (C=O) groups is 3. The maximum Gasteiger partial charge on any atom is 0.258 e. The Morgan fingerprint density at radius 3 is 1.70 bits per heavy atom. The highest BCUT2D eigenvalue weighted by molar-refractivity contribution is 6.34. The molecule has 2 amide bonds. The Kier molecular flexibility index (Phi) is 5.63. The second kappa shape index (κ2) is 8.51. The molecule has 3 aromatic rings. The van der Waals surface area contributed by atoms with E-state index in [-0.39, 0.29) is 30.4 Å². The minimum absolute atomic E-state index is 0.0527. The quantitative estimate of drug-likeness (QED) is 0.422. The first-order valence-electron chi connectivity index (χ1n) is 9.63. The van der Waals surface area contributed by atoms with Crippen molar-refractivity contribution in [3.8, 4) is 0 Å². The molecule has 0 atom stereocenters. The summed E-state index contributed by atoms with van der Waals surface area (Å²) in [4.78, 5) is 39.1. The van der Waals surface area contributed by atoms with Crippen LogP contribution >= 0.6 is 11.6 Å². The van der Waals surface area contributed by atoms with E-state index in [2.05, 4.69) is 0 Å². The molecule has 0 radical (unpaired) electrons. The summed E-state index contributed by atoms with van der Waals surface area (Å²) in [7, 11) is 0. The number of rotatable bonds is 6. The Bertz CT molecular complexity index is 1030. The molecule has 0 unspecified atom stereocenters. The van der Waals surface area contributed by atoms with Crippen LogP contribution in [0, 0.1) is 5.92 Å². The molecule has 0 saturated carbocycles. The summed E-state index contributed by atoms with van der Waals surface area (Å²) >= 11 is 6.11. The van der Waals surface area contributed by atoms with E-state index < -0.39 is 5.92 Å². The number of anilines is 2. The molecular formula is C24H19ClN2O3. The predicted octanol–water partition coefficient (Wildman–Crippen LogP) is 4.91. The van der Waals surface area contributed by atoms with Gasteiger partial charge in [0, 0.05) is 12.0 Å². The molecule has 0 bridgehead atoms. The normalized spacial score (nSPS) is 14.4. The van der Waals surface area contributed by atoms with E-state index in [0.717, 1.165) is 0 Å². The highest BCUT2D eigenvalue weighted by atomic mass is 35.5. The Balaban J connectivity index is 1.61. The van der Waals surface area contributed by atoms with Gasteiger partial charge in [0.25, 0.3) is 11.8 Å². The number of nitrogens with zero attached hydrogens (tertiary/aromatic N) is 2.